The average Bonchev–Trinajstić information content (AvgIpc) is 3.18. The van der Waals surface area contributed by atoms with Crippen LogP contribution in [0.3, 0.4) is 0 Å². The monoisotopic (exact) mass is 285 g/mol. The van der Waals surface area contributed by atoms with Crippen LogP contribution in [0.5, 0.6) is 0 Å². The number of hydrogen-bond acceptors (Lipinski definition) is 5. The fraction of sp³-hybridized carbons (Fsp3) is 0.357. The summed E-state index contributed by atoms with van der Waals surface area (Å²) in [7, 11) is 1.95. The summed E-state index contributed by atoms with van der Waals surface area (Å²) < 4.78 is 1.85. The Morgan fingerprint density at radius 1 is 1.35 bits per heavy atom. The number of hydrogen-bond donors (Lipinski definition) is 0. The van der Waals surface area contributed by atoms with E-state index in [0.29, 0.717) is 6.54 Å². The molecule has 4 heterocycles. The lowest BCUT2D eigenvalue weighted by Crippen LogP contribution is -2.31. The smallest absolute Gasteiger partial charge is 0.165 e. The zero-order valence-electron chi connectivity index (χ0n) is 11.3. The fourth-order valence-corrected chi connectivity index (χ4v) is 3.53. The standard InChI is InChI=1S/C14H15N5S/c1-18-7-4-11(17-18)10-9-16-13(14-15-5-8-20-14)19-6-2-3-12(10)19/h4-5,7-8H,2-3,6,9H2,1H3. The molecule has 0 bridgehead atoms. The van der Waals surface area contributed by atoms with Crippen LogP contribution in [-0.2, 0) is 7.05 Å². The number of aromatic nitrogens is 3. The third-order valence-corrected chi connectivity index (χ3v) is 4.53. The van der Waals surface area contributed by atoms with Crippen molar-refractivity contribution in [2.75, 3.05) is 13.1 Å². The van der Waals surface area contributed by atoms with Crippen molar-refractivity contribution in [3.8, 4) is 0 Å². The molecule has 2 aromatic rings. The molecule has 2 aliphatic heterocycles. The molecule has 4 rings (SSSR count). The van der Waals surface area contributed by atoms with Gasteiger partial charge in [-0.15, -0.1) is 11.3 Å². The van der Waals surface area contributed by atoms with Gasteiger partial charge >= 0.3 is 0 Å². The first-order valence-corrected chi connectivity index (χ1v) is 7.65. The second-order valence-corrected chi connectivity index (χ2v) is 5.93. The predicted octanol–water partition coefficient (Wildman–Crippen LogP) is 2.14. The van der Waals surface area contributed by atoms with Gasteiger partial charge in [-0.1, -0.05) is 0 Å². The number of fused-ring (bicyclic) bond motifs is 1. The number of rotatable bonds is 2. The van der Waals surface area contributed by atoms with Crippen LogP contribution < -0.4 is 0 Å². The number of aliphatic imine (C=N–C) groups is 1. The summed E-state index contributed by atoms with van der Waals surface area (Å²) in [6, 6.07) is 2.07. The second kappa shape index (κ2) is 4.56. The van der Waals surface area contributed by atoms with Gasteiger partial charge in [-0.05, 0) is 18.9 Å². The molecule has 2 aromatic heterocycles. The van der Waals surface area contributed by atoms with Crippen molar-refractivity contribution >= 4 is 22.7 Å². The van der Waals surface area contributed by atoms with Crippen molar-refractivity contribution in [2.24, 2.45) is 12.0 Å². The molecule has 20 heavy (non-hydrogen) atoms. The van der Waals surface area contributed by atoms with Crippen molar-refractivity contribution in [3.63, 3.8) is 0 Å². The molecule has 102 valence electrons. The minimum absolute atomic E-state index is 0.706. The van der Waals surface area contributed by atoms with E-state index in [1.54, 1.807) is 11.3 Å². The molecular formula is C14H15N5S. The molecule has 6 heteroatoms. The highest BCUT2D eigenvalue weighted by atomic mass is 32.1. The maximum atomic E-state index is 4.77. The summed E-state index contributed by atoms with van der Waals surface area (Å²) in [5, 5.41) is 7.56. The van der Waals surface area contributed by atoms with Crippen molar-refractivity contribution in [1.29, 1.82) is 0 Å². The Morgan fingerprint density at radius 2 is 2.30 bits per heavy atom. The van der Waals surface area contributed by atoms with Crippen LogP contribution in [0.1, 0.15) is 23.5 Å². The molecule has 0 radical (unpaired) electrons. The first kappa shape index (κ1) is 11.8. The molecule has 1 fully saturated rings. The van der Waals surface area contributed by atoms with Gasteiger partial charge in [0.15, 0.2) is 10.8 Å². The Morgan fingerprint density at radius 3 is 3.05 bits per heavy atom. The largest absolute Gasteiger partial charge is 0.328 e. The zero-order valence-corrected chi connectivity index (χ0v) is 12.1. The summed E-state index contributed by atoms with van der Waals surface area (Å²) in [6.45, 7) is 1.74. The number of amidine groups is 1. The molecule has 0 aromatic carbocycles. The molecule has 0 atom stereocenters. The van der Waals surface area contributed by atoms with E-state index in [0.717, 1.165) is 29.5 Å². The van der Waals surface area contributed by atoms with Gasteiger partial charge < -0.3 is 4.90 Å². The molecule has 0 saturated carbocycles. The average molecular weight is 285 g/mol. The predicted molar refractivity (Wildman–Crippen MR) is 79.6 cm³/mol. The molecule has 2 aliphatic rings. The lowest BCUT2D eigenvalue weighted by atomic mass is 10.1. The molecule has 1 saturated heterocycles. The summed E-state index contributed by atoms with van der Waals surface area (Å²) in [5.74, 6) is 1.03. The van der Waals surface area contributed by atoms with Gasteiger partial charge in [-0.2, -0.15) is 5.10 Å². The van der Waals surface area contributed by atoms with Crippen molar-refractivity contribution in [1.82, 2.24) is 19.7 Å². The Labute approximate surface area is 121 Å². The Bertz CT molecular complexity index is 695. The van der Waals surface area contributed by atoms with Gasteiger partial charge in [-0.3, -0.25) is 9.67 Å². The number of allylic oxidation sites excluding steroid dienone is 1. The number of thiazole rings is 1. The molecule has 5 nitrogen and oxygen atoms in total. The van der Waals surface area contributed by atoms with E-state index in [1.165, 1.54) is 17.7 Å². The van der Waals surface area contributed by atoms with Crippen molar-refractivity contribution < 1.29 is 0 Å². The van der Waals surface area contributed by atoms with Crippen molar-refractivity contribution in [3.05, 3.63) is 40.2 Å². The summed E-state index contributed by atoms with van der Waals surface area (Å²) >= 11 is 1.65. The van der Waals surface area contributed by atoms with E-state index < -0.39 is 0 Å². The van der Waals surface area contributed by atoms with Crippen LogP contribution in [0.25, 0.3) is 5.57 Å². The van der Waals surface area contributed by atoms with Crippen LogP contribution in [-0.4, -0.2) is 38.6 Å². The minimum atomic E-state index is 0.706. The number of nitrogens with zero attached hydrogens (tertiary/aromatic N) is 5. The van der Waals surface area contributed by atoms with Crippen LogP contribution in [0.4, 0.5) is 0 Å². The minimum Gasteiger partial charge on any atom is -0.328 e. The van der Waals surface area contributed by atoms with Gasteiger partial charge in [0.05, 0.1) is 12.2 Å². The molecule has 0 amide bonds. The Hall–Kier alpha value is -1.95. The van der Waals surface area contributed by atoms with Crippen LogP contribution in [0.2, 0.25) is 0 Å². The van der Waals surface area contributed by atoms with Crippen LogP contribution in [0, 0.1) is 0 Å². The van der Waals surface area contributed by atoms with Crippen LogP contribution in [0.15, 0.2) is 34.5 Å². The van der Waals surface area contributed by atoms with Gasteiger partial charge in [0, 0.05) is 42.6 Å². The summed E-state index contributed by atoms with van der Waals surface area (Å²) in [4.78, 5) is 11.5. The van der Waals surface area contributed by atoms with Crippen LogP contribution >= 0.6 is 11.3 Å². The lowest BCUT2D eigenvalue weighted by molar-refractivity contribution is 0.579. The zero-order chi connectivity index (χ0) is 13.5. The van der Waals surface area contributed by atoms with Gasteiger partial charge in [0.25, 0.3) is 0 Å². The van der Waals surface area contributed by atoms with E-state index in [1.807, 2.05) is 29.5 Å². The Kier molecular flexibility index (Phi) is 2.70. The van der Waals surface area contributed by atoms with E-state index in [4.69, 9.17) is 4.99 Å². The highest BCUT2D eigenvalue weighted by Gasteiger charge is 2.31. The Balaban J connectivity index is 1.75. The van der Waals surface area contributed by atoms with Crippen molar-refractivity contribution in [2.45, 2.75) is 12.8 Å². The SMILES string of the molecule is Cn1ccc(C2=C3CCCN3C(c3nccs3)=NC2)n1. The maximum absolute atomic E-state index is 4.77. The molecule has 0 spiro atoms. The summed E-state index contributed by atoms with van der Waals surface area (Å²) in [5.41, 5.74) is 3.70. The third-order valence-electron chi connectivity index (χ3n) is 3.76. The normalized spacial score (nSPS) is 18.4. The topological polar surface area (TPSA) is 46.3 Å². The van der Waals surface area contributed by atoms with Gasteiger partial charge in [0.1, 0.15) is 0 Å². The lowest BCUT2D eigenvalue weighted by Gasteiger charge is -2.27. The first-order valence-electron chi connectivity index (χ1n) is 6.77. The van der Waals surface area contributed by atoms with Gasteiger partial charge in [0.2, 0.25) is 0 Å². The van der Waals surface area contributed by atoms with E-state index in [9.17, 15) is 0 Å². The quantitative estimate of drug-likeness (QED) is 0.849. The van der Waals surface area contributed by atoms with E-state index in [-0.39, 0.29) is 0 Å². The molecule has 0 aliphatic carbocycles. The molecule has 0 N–H and O–H groups in total. The molecule has 0 unspecified atom stereocenters. The molecular weight excluding hydrogens is 270 g/mol. The van der Waals surface area contributed by atoms with E-state index in [2.05, 4.69) is 21.0 Å². The number of aryl methyl sites for hydroxylation is 1. The van der Waals surface area contributed by atoms with E-state index >= 15 is 0 Å². The highest BCUT2D eigenvalue weighted by Crippen LogP contribution is 2.34. The third kappa shape index (κ3) is 1.79. The first-order chi connectivity index (χ1) is 9.83. The second-order valence-electron chi connectivity index (χ2n) is 5.03. The summed E-state index contributed by atoms with van der Waals surface area (Å²) in [6.07, 6.45) is 6.12. The maximum Gasteiger partial charge on any atom is 0.165 e. The fourth-order valence-electron chi connectivity index (χ4n) is 2.87. The van der Waals surface area contributed by atoms with Gasteiger partial charge in [-0.25, -0.2) is 4.98 Å². The highest BCUT2D eigenvalue weighted by molar-refractivity contribution is 7.11.